The molecule has 0 aliphatic carbocycles. The number of hydrogen-bond acceptors (Lipinski definition) is 4. The second-order valence-electron chi connectivity index (χ2n) is 3.87. The van der Waals surface area contributed by atoms with E-state index in [0.717, 1.165) is 5.56 Å². The minimum Gasteiger partial charge on any atom is -0.762 e. The maximum Gasteiger partial charge on any atom is 0.347 e. The predicted octanol–water partition coefficient (Wildman–Crippen LogP) is 0.906. The number of amides is 1. The van der Waals surface area contributed by atoms with Crippen LogP contribution in [0.1, 0.15) is 12.5 Å². The first kappa shape index (κ1) is 16.6. The van der Waals surface area contributed by atoms with Crippen LogP contribution in [-0.2, 0) is 20.7 Å². The van der Waals surface area contributed by atoms with Crippen LogP contribution in [0.25, 0.3) is 5.41 Å². The van der Waals surface area contributed by atoms with Gasteiger partial charge < -0.3 is 10.1 Å². The molecule has 0 unspecified atom stereocenters. The summed E-state index contributed by atoms with van der Waals surface area (Å²) in [7, 11) is 0. The smallest absolute Gasteiger partial charge is 0.347 e. The average Bonchev–Trinajstić information content (AvgIpc) is 2.47. The van der Waals surface area contributed by atoms with Crippen molar-refractivity contribution >= 4 is 35.0 Å². The minimum atomic E-state index is -0.824. The van der Waals surface area contributed by atoms with Gasteiger partial charge in [-0.2, -0.15) is 0 Å². The number of nitrogens with one attached hydrogen (secondary N) is 2. The third-order valence-corrected chi connectivity index (χ3v) is 2.65. The molecule has 2 N–H and O–H groups in total. The molecule has 0 bridgehead atoms. The number of thiocarbonyl (C=S) groups is 1. The molecule has 0 fully saturated rings. The number of rotatable bonds is 5. The summed E-state index contributed by atoms with van der Waals surface area (Å²) >= 11 is 4.86. The van der Waals surface area contributed by atoms with E-state index in [2.05, 4.69) is 15.6 Å². The number of hydrogen-bond donors (Lipinski definition) is 2. The second-order valence-corrected chi connectivity index (χ2v) is 4.28. The van der Waals surface area contributed by atoms with Gasteiger partial charge in [0.25, 0.3) is 0 Å². The highest BCUT2D eigenvalue weighted by atomic mass is 32.1. The molecule has 0 aliphatic rings. The molecule has 0 atom stereocenters. The van der Waals surface area contributed by atoms with Gasteiger partial charge in [-0.05, 0) is 12.5 Å². The Balaban J connectivity index is 2.50. The first-order valence-corrected chi connectivity index (χ1v) is 6.56. The highest BCUT2D eigenvalue weighted by Gasteiger charge is 2.14. The summed E-state index contributed by atoms with van der Waals surface area (Å²) in [5.74, 6) is 0.480. The monoisotopic (exact) mass is 304 g/mol. The zero-order valence-corrected chi connectivity index (χ0v) is 12.2. The van der Waals surface area contributed by atoms with Gasteiger partial charge in [-0.1, -0.05) is 42.5 Å². The Morgan fingerprint density at radius 3 is 2.52 bits per heavy atom. The standard InChI is InChI=1S/C14H14N3O3S/c1-2-20-14(19)11(9-15)13(21)17-16-12(18)8-10-6-4-3-5-7-10/h3-7H,2,8H2,1H3,(H,16,18)(H,17,21)/q-1. The van der Waals surface area contributed by atoms with Gasteiger partial charge >= 0.3 is 5.97 Å². The third-order valence-electron chi connectivity index (χ3n) is 2.34. The van der Waals surface area contributed by atoms with Crippen molar-refractivity contribution in [3.05, 3.63) is 46.9 Å². The van der Waals surface area contributed by atoms with Crippen molar-refractivity contribution in [1.82, 2.24) is 10.9 Å². The molecule has 0 saturated heterocycles. The van der Waals surface area contributed by atoms with Crippen molar-refractivity contribution in [2.45, 2.75) is 13.3 Å². The van der Waals surface area contributed by atoms with Crippen LogP contribution in [0.4, 0.5) is 0 Å². The summed E-state index contributed by atoms with van der Waals surface area (Å²) in [5.41, 5.74) is 5.17. The quantitative estimate of drug-likeness (QED) is 0.277. The van der Waals surface area contributed by atoms with Crippen molar-refractivity contribution in [2.24, 2.45) is 0 Å². The molecule has 21 heavy (non-hydrogen) atoms. The molecule has 0 radical (unpaired) electrons. The molecule has 0 saturated carbocycles. The summed E-state index contributed by atoms with van der Waals surface area (Å²) in [6.45, 7) is 1.75. The van der Waals surface area contributed by atoms with Crippen LogP contribution in [-0.4, -0.2) is 29.3 Å². The number of esters is 1. The number of hydrazine groups is 1. The van der Waals surface area contributed by atoms with Crippen LogP contribution in [0.2, 0.25) is 0 Å². The van der Waals surface area contributed by atoms with Crippen LogP contribution in [0, 0.1) is 0 Å². The second kappa shape index (κ2) is 8.63. The van der Waals surface area contributed by atoms with Gasteiger partial charge in [0.1, 0.15) is 10.6 Å². The Labute approximate surface area is 127 Å². The van der Waals surface area contributed by atoms with Gasteiger partial charge in [-0.25, -0.2) is 4.79 Å². The summed E-state index contributed by atoms with van der Waals surface area (Å²) < 4.78 is 4.68. The van der Waals surface area contributed by atoms with Gasteiger partial charge in [-0.15, -0.1) is 0 Å². The van der Waals surface area contributed by atoms with Gasteiger partial charge in [0, 0.05) is 0 Å². The fourth-order valence-corrected chi connectivity index (χ4v) is 1.59. The van der Waals surface area contributed by atoms with E-state index in [9.17, 15) is 9.59 Å². The van der Waals surface area contributed by atoms with Gasteiger partial charge in [-0.3, -0.25) is 21.5 Å². The lowest BCUT2D eigenvalue weighted by Crippen LogP contribution is -2.43. The molecule has 6 nitrogen and oxygen atoms in total. The summed E-state index contributed by atoms with van der Waals surface area (Å²) in [5, 5.41) is 8.87. The van der Waals surface area contributed by atoms with Crippen molar-refractivity contribution in [2.75, 3.05) is 6.61 Å². The Kier molecular flexibility index (Phi) is 6.80. The fourth-order valence-electron chi connectivity index (χ4n) is 1.41. The predicted molar refractivity (Wildman–Crippen MR) is 82.5 cm³/mol. The first-order chi connectivity index (χ1) is 10.1. The molecule has 0 aliphatic heterocycles. The minimum absolute atomic E-state index is 0.132. The molecule has 1 aromatic carbocycles. The molecule has 0 heterocycles. The van der Waals surface area contributed by atoms with Crippen molar-refractivity contribution in [3.8, 4) is 0 Å². The third kappa shape index (κ3) is 5.56. The normalized spacial score (nSPS) is 9.19. The SMILES string of the molecule is CCOC(=O)C(=C=[N-])C(=S)NNC(=O)Cc1ccccc1. The molecular weight excluding hydrogens is 290 g/mol. The number of ether oxygens (including phenoxy) is 1. The summed E-state index contributed by atoms with van der Waals surface area (Å²) in [6.07, 6.45) is 0.151. The molecule has 0 aromatic heterocycles. The van der Waals surface area contributed by atoms with Crippen LogP contribution in [0.5, 0.6) is 0 Å². The number of carbonyl (C=O) groups is 2. The first-order valence-electron chi connectivity index (χ1n) is 6.15. The Morgan fingerprint density at radius 1 is 1.29 bits per heavy atom. The van der Waals surface area contributed by atoms with Gasteiger partial charge in [0.15, 0.2) is 0 Å². The number of carbonyl (C=O) groups excluding carboxylic acids is 2. The topological polar surface area (TPSA) is 89.7 Å². The average molecular weight is 304 g/mol. The Morgan fingerprint density at radius 2 is 1.95 bits per heavy atom. The molecule has 1 aromatic rings. The highest BCUT2D eigenvalue weighted by Crippen LogP contribution is 1.99. The van der Waals surface area contributed by atoms with Crippen LogP contribution in [0.3, 0.4) is 0 Å². The highest BCUT2D eigenvalue weighted by molar-refractivity contribution is 7.80. The lowest BCUT2D eigenvalue weighted by molar-refractivity contribution is -0.137. The van der Waals surface area contributed by atoms with E-state index in [1.165, 1.54) is 0 Å². The zero-order valence-electron chi connectivity index (χ0n) is 11.4. The maximum atomic E-state index is 11.7. The van der Waals surface area contributed by atoms with Crippen LogP contribution >= 0.6 is 12.2 Å². The van der Waals surface area contributed by atoms with E-state index in [-0.39, 0.29) is 29.5 Å². The number of nitrogens with zero attached hydrogens (tertiary/aromatic N) is 1. The van der Waals surface area contributed by atoms with E-state index in [1.807, 2.05) is 30.3 Å². The van der Waals surface area contributed by atoms with Crippen molar-refractivity contribution in [1.29, 1.82) is 0 Å². The molecule has 7 heteroatoms. The maximum absolute atomic E-state index is 11.7. The fraction of sp³-hybridized carbons (Fsp3) is 0.214. The Bertz CT molecular complexity index is 580. The lowest BCUT2D eigenvalue weighted by atomic mass is 10.1. The summed E-state index contributed by atoms with van der Waals surface area (Å²) in [6, 6.07) is 9.11. The molecule has 1 rings (SSSR count). The van der Waals surface area contributed by atoms with Crippen molar-refractivity contribution < 1.29 is 14.3 Å². The van der Waals surface area contributed by atoms with Crippen LogP contribution in [0.15, 0.2) is 35.9 Å². The van der Waals surface area contributed by atoms with E-state index < -0.39 is 5.97 Å². The largest absolute Gasteiger partial charge is 0.762 e. The van der Waals surface area contributed by atoms with Gasteiger partial charge in [0.2, 0.25) is 5.91 Å². The summed E-state index contributed by atoms with van der Waals surface area (Å²) in [4.78, 5) is 22.9. The number of benzene rings is 1. The van der Waals surface area contributed by atoms with E-state index in [1.54, 1.807) is 12.8 Å². The van der Waals surface area contributed by atoms with E-state index in [4.69, 9.17) is 17.6 Å². The van der Waals surface area contributed by atoms with Crippen molar-refractivity contribution in [3.63, 3.8) is 0 Å². The van der Waals surface area contributed by atoms with E-state index >= 15 is 0 Å². The lowest BCUT2D eigenvalue weighted by Gasteiger charge is -2.11. The Hall–Kier alpha value is -2.50. The zero-order chi connectivity index (χ0) is 15.7. The molecule has 1 amide bonds. The van der Waals surface area contributed by atoms with E-state index in [0.29, 0.717) is 0 Å². The van der Waals surface area contributed by atoms with Gasteiger partial charge in [0.05, 0.1) is 13.0 Å². The molecule has 0 spiro atoms. The molecule has 110 valence electrons. The van der Waals surface area contributed by atoms with Crippen LogP contribution < -0.4 is 10.9 Å². The molecular formula is C14H14N3O3S-.